The van der Waals surface area contributed by atoms with Crippen molar-refractivity contribution in [1.29, 1.82) is 0 Å². The third-order valence-corrected chi connectivity index (χ3v) is 5.27. The van der Waals surface area contributed by atoms with Crippen molar-refractivity contribution >= 4 is 11.3 Å². The van der Waals surface area contributed by atoms with Crippen LogP contribution >= 0.6 is 11.3 Å². The van der Waals surface area contributed by atoms with Crippen molar-refractivity contribution < 1.29 is 0 Å². The number of hydrogen-bond donors (Lipinski definition) is 1. The number of fused-ring (bicyclic) bond motifs is 2. The average molecular weight is 221 g/mol. The molecule has 0 aromatic carbocycles. The summed E-state index contributed by atoms with van der Waals surface area (Å²) in [5.74, 6) is 2.72. The fraction of sp³-hybridized carbons (Fsp3) is 0.692. The quantitative estimate of drug-likeness (QED) is 0.813. The molecule has 2 aliphatic rings. The lowest BCUT2D eigenvalue weighted by Crippen LogP contribution is -2.25. The van der Waals surface area contributed by atoms with E-state index in [0.29, 0.717) is 6.04 Å². The molecule has 15 heavy (non-hydrogen) atoms. The molecule has 1 aromatic rings. The van der Waals surface area contributed by atoms with E-state index in [1.807, 2.05) is 11.3 Å². The Kier molecular flexibility index (Phi) is 2.37. The number of thiophene rings is 1. The van der Waals surface area contributed by atoms with Gasteiger partial charge in [-0.1, -0.05) is 6.42 Å². The van der Waals surface area contributed by atoms with E-state index in [1.165, 1.54) is 36.1 Å². The predicted octanol–water partition coefficient (Wildman–Crippen LogP) is 3.49. The second-order valence-corrected chi connectivity index (χ2v) is 6.47. The van der Waals surface area contributed by atoms with Gasteiger partial charge in [0.2, 0.25) is 0 Å². The highest BCUT2D eigenvalue weighted by Crippen LogP contribution is 2.52. The van der Waals surface area contributed by atoms with Gasteiger partial charge in [0.25, 0.3) is 0 Å². The zero-order chi connectivity index (χ0) is 10.4. The second kappa shape index (κ2) is 3.60. The monoisotopic (exact) mass is 221 g/mol. The Balaban J connectivity index is 1.77. The van der Waals surface area contributed by atoms with Gasteiger partial charge in [-0.15, -0.1) is 11.3 Å². The summed E-state index contributed by atoms with van der Waals surface area (Å²) in [6.07, 6.45) is 5.75. The number of nitrogens with two attached hydrogens (primary N) is 1. The molecule has 2 aliphatic carbocycles. The lowest BCUT2D eigenvalue weighted by molar-refractivity contribution is 0.285. The first-order chi connectivity index (χ1) is 7.24. The van der Waals surface area contributed by atoms with Crippen molar-refractivity contribution in [2.24, 2.45) is 23.5 Å². The number of aryl methyl sites for hydroxylation is 1. The molecule has 1 heterocycles. The molecule has 1 nitrogen and oxygen atoms in total. The van der Waals surface area contributed by atoms with Gasteiger partial charge in [-0.2, -0.15) is 0 Å². The van der Waals surface area contributed by atoms with Crippen molar-refractivity contribution in [3.8, 4) is 0 Å². The van der Waals surface area contributed by atoms with E-state index in [2.05, 4.69) is 18.4 Å². The van der Waals surface area contributed by atoms with Crippen LogP contribution in [-0.4, -0.2) is 0 Å². The van der Waals surface area contributed by atoms with Crippen molar-refractivity contribution in [1.82, 2.24) is 0 Å². The van der Waals surface area contributed by atoms with Gasteiger partial charge in [-0.05, 0) is 60.9 Å². The summed E-state index contributed by atoms with van der Waals surface area (Å²) in [5, 5.41) is 2.26. The van der Waals surface area contributed by atoms with Crippen LogP contribution in [0.1, 0.15) is 42.2 Å². The highest BCUT2D eigenvalue weighted by molar-refractivity contribution is 7.10. The SMILES string of the molecule is Cc1cc(C(N)C2CC3CCC2C3)cs1. The van der Waals surface area contributed by atoms with Gasteiger partial charge in [-0.25, -0.2) is 0 Å². The minimum Gasteiger partial charge on any atom is -0.324 e. The van der Waals surface area contributed by atoms with E-state index < -0.39 is 0 Å². The van der Waals surface area contributed by atoms with Gasteiger partial charge in [0, 0.05) is 10.9 Å². The van der Waals surface area contributed by atoms with Crippen molar-refractivity contribution in [2.45, 2.75) is 38.6 Å². The average Bonchev–Trinajstić information content (AvgIpc) is 2.90. The van der Waals surface area contributed by atoms with Crippen molar-refractivity contribution in [3.63, 3.8) is 0 Å². The Labute approximate surface area is 95.7 Å². The normalized spacial score (nSPS) is 36.0. The van der Waals surface area contributed by atoms with Crippen LogP contribution in [0.15, 0.2) is 11.4 Å². The van der Waals surface area contributed by atoms with Crippen molar-refractivity contribution in [2.75, 3.05) is 0 Å². The highest BCUT2D eigenvalue weighted by Gasteiger charge is 2.42. The topological polar surface area (TPSA) is 26.0 Å². The third kappa shape index (κ3) is 1.64. The molecule has 4 unspecified atom stereocenters. The molecule has 82 valence electrons. The predicted molar refractivity (Wildman–Crippen MR) is 64.9 cm³/mol. The lowest BCUT2D eigenvalue weighted by atomic mass is 9.81. The fourth-order valence-electron chi connectivity index (χ4n) is 3.62. The molecule has 3 rings (SSSR count). The van der Waals surface area contributed by atoms with Crippen LogP contribution in [0.3, 0.4) is 0 Å². The number of rotatable bonds is 2. The fourth-order valence-corrected chi connectivity index (χ4v) is 4.37. The Morgan fingerprint density at radius 3 is 2.80 bits per heavy atom. The molecule has 0 aliphatic heterocycles. The van der Waals surface area contributed by atoms with E-state index >= 15 is 0 Å². The summed E-state index contributed by atoms with van der Waals surface area (Å²) in [6, 6.07) is 2.59. The summed E-state index contributed by atoms with van der Waals surface area (Å²) in [6.45, 7) is 2.17. The van der Waals surface area contributed by atoms with Gasteiger partial charge in [-0.3, -0.25) is 0 Å². The van der Waals surface area contributed by atoms with Gasteiger partial charge in [0.15, 0.2) is 0 Å². The standard InChI is InChI=1S/C13H19NS/c1-8-4-11(7-15-8)13(14)12-6-9-2-3-10(12)5-9/h4,7,9-10,12-13H,2-3,5-6,14H2,1H3. The summed E-state index contributed by atoms with van der Waals surface area (Å²) in [5.41, 5.74) is 7.79. The molecule has 0 spiro atoms. The van der Waals surface area contributed by atoms with Crippen LogP contribution < -0.4 is 5.73 Å². The van der Waals surface area contributed by atoms with Crippen LogP contribution in [0.5, 0.6) is 0 Å². The molecule has 2 saturated carbocycles. The van der Waals surface area contributed by atoms with Gasteiger partial charge in [0.1, 0.15) is 0 Å². The maximum Gasteiger partial charge on any atom is 0.0334 e. The van der Waals surface area contributed by atoms with Crippen LogP contribution in [0.25, 0.3) is 0 Å². The molecule has 2 N–H and O–H groups in total. The molecular formula is C13H19NS. The Morgan fingerprint density at radius 2 is 2.27 bits per heavy atom. The first-order valence-electron chi connectivity index (χ1n) is 6.04. The smallest absolute Gasteiger partial charge is 0.0334 e. The first-order valence-corrected chi connectivity index (χ1v) is 6.92. The summed E-state index contributed by atoms with van der Waals surface area (Å²) >= 11 is 1.83. The van der Waals surface area contributed by atoms with E-state index in [4.69, 9.17) is 5.73 Å². The molecule has 4 atom stereocenters. The van der Waals surface area contributed by atoms with Crippen LogP contribution in [0.2, 0.25) is 0 Å². The van der Waals surface area contributed by atoms with E-state index in [-0.39, 0.29) is 0 Å². The summed E-state index contributed by atoms with van der Waals surface area (Å²) < 4.78 is 0. The molecular weight excluding hydrogens is 202 g/mol. The van der Waals surface area contributed by atoms with Crippen LogP contribution in [0, 0.1) is 24.7 Å². The van der Waals surface area contributed by atoms with Gasteiger partial charge in [0.05, 0.1) is 0 Å². The molecule has 0 radical (unpaired) electrons. The summed E-state index contributed by atoms with van der Waals surface area (Å²) in [7, 11) is 0. The second-order valence-electron chi connectivity index (χ2n) is 5.36. The molecule has 2 bridgehead atoms. The van der Waals surface area contributed by atoms with Gasteiger partial charge < -0.3 is 5.73 Å². The molecule has 2 heteroatoms. The Bertz CT molecular complexity index is 357. The number of hydrogen-bond acceptors (Lipinski definition) is 2. The van der Waals surface area contributed by atoms with E-state index in [9.17, 15) is 0 Å². The lowest BCUT2D eigenvalue weighted by Gasteiger charge is -2.27. The van der Waals surface area contributed by atoms with E-state index in [0.717, 1.165) is 17.8 Å². The molecule has 1 aromatic heterocycles. The van der Waals surface area contributed by atoms with E-state index in [1.54, 1.807) is 0 Å². The molecule has 0 amide bonds. The molecule has 2 fully saturated rings. The minimum absolute atomic E-state index is 0.310. The zero-order valence-electron chi connectivity index (χ0n) is 9.28. The molecule has 0 saturated heterocycles. The minimum atomic E-state index is 0.310. The van der Waals surface area contributed by atoms with Crippen molar-refractivity contribution in [3.05, 3.63) is 21.9 Å². The Morgan fingerprint density at radius 1 is 1.40 bits per heavy atom. The summed E-state index contributed by atoms with van der Waals surface area (Å²) in [4.78, 5) is 1.39. The largest absolute Gasteiger partial charge is 0.324 e. The highest BCUT2D eigenvalue weighted by atomic mass is 32.1. The van der Waals surface area contributed by atoms with Crippen LogP contribution in [-0.2, 0) is 0 Å². The zero-order valence-corrected chi connectivity index (χ0v) is 10.1. The van der Waals surface area contributed by atoms with Gasteiger partial charge >= 0.3 is 0 Å². The Hall–Kier alpha value is -0.340. The third-order valence-electron chi connectivity index (χ3n) is 4.39. The van der Waals surface area contributed by atoms with Crippen LogP contribution in [0.4, 0.5) is 0 Å². The maximum atomic E-state index is 6.41. The maximum absolute atomic E-state index is 6.41. The first kappa shape index (κ1) is 9.86.